The Morgan fingerprint density at radius 2 is 1.83 bits per heavy atom. The fraction of sp³-hybridized carbons (Fsp3) is 0.0417. The molecule has 140 valence electrons. The van der Waals surface area contributed by atoms with Crippen molar-refractivity contribution in [3.8, 4) is 11.8 Å². The largest absolute Gasteiger partial charge is 0.322 e. The average molecular weight is 378 g/mol. The first kappa shape index (κ1) is 18.2. The molecule has 0 saturated carbocycles. The van der Waals surface area contributed by atoms with E-state index >= 15 is 0 Å². The van der Waals surface area contributed by atoms with Crippen molar-refractivity contribution >= 4 is 11.6 Å². The molecule has 5 heteroatoms. The summed E-state index contributed by atoms with van der Waals surface area (Å²) in [5, 5.41) is 7.18. The van der Waals surface area contributed by atoms with Crippen LogP contribution in [0.5, 0.6) is 0 Å². The Morgan fingerprint density at radius 3 is 2.66 bits per heavy atom. The van der Waals surface area contributed by atoms with Crippen LogP contribution in [0, 0.1) is 11.8 Å². The van der Waals surface area contributed by atoms with Crippen LogP contribution in [0.2, 0.25) is 0 Å². The molecular formula is C24H18N4O. The van der Waals surface area contributed by atoms with Gasteiger partial charge in [0.15, 0.2) is 0 Å². The maximum absolute atomic E-state index is 12.6. The van der Waals surface area contributed by atoms with E-state index < -0.39 is 0 Å². The molecule has 0 atom stereocenters. The molecule has 0 unspecified atom stereocenters. The zero-order valence-corrected chi connectivity index (χ0v) is 15.6. The average Bonchev–Trinajstić information content (AvgIpc) is 3.23. The topological polar surface area (TPSA) is 59.8 Å². The first-order chi connectivity index (χ1) is 14.3. The Bertz CT molecular complexity index is 1170. The number of nitrogens with one attached hydrogen (secondary N) is 1. The SMILES string of the molecule is O=C(Nc1cccc(C#Cc2ccccn2)c1)c1cnn(Cc2ccccc2)c1. The van der Waals surface area contributed by atoms with Crippen LogP contribution in [-0.2, 0) is 6.54 Å². The van der Waals surface area contributed by atoms with Gasteiger partial charge in [-0.3, -0.25) is 9.48 Å². The van der Waals surface area contributed by atoms with Gasteiger partial charge in [0.1, 0.15) is 5.69 Å². The van der Waals surface area contributed by atoms with Crippen LogP contribution in [0.25, 0.3) is 0 Å². The summed E-state index contributed by atoms with van der Waals surface area (Å²) in [7, 11) is 0. The maximum Gasteiger partial charge on any atom is 0.258 e. The molecule has 1 N–H and O–H groups in total. The van der Waals surface area contributed by atoms with Crippen molar-refractivity contribution in [3.05, 3.63) is 114 Å². The second-order valence-corrected chi connectivity index (χ2v) is 6.41. The normalized spacial score (nSPS) is 10.1. The van der Waals surface area contributed by atoms with Crippen LogP contribution in [0.15, 0.2) is 91.4 Å². The second-order valence-electron chi connectivity index (χ2n) is 6.41. The smallest absolute Gasteiger partial charge is 0.258 e. The molecule has 4 rings (SSSR count). The number of amides is 1. The summed E-state index contributed by atoms with van der Waals surface area (Å²) in [6.07, 6.45) is 5.02. The predicted octanol–water partition coefficient (Wildman–Crippen LogP) is 3.98. The van der Waals surface area contributed by atoms with Crippen LogP contribution in [0.3, 0.4) is 0 Å². The first-order valence-corrected chi connectivity index (χ1v) is 9.17. The molecule has 0 fully saturated rings. The number of anilines is 1. The minimum Gasteiger partial charge on any atom is -0.322 e. The quantitative estimate of drug-likeness (QED) is 0.547. The Balaban J connectivity index is 1.43. The molecule has 0 aliphatic rings. The van der Waals surface area contributed by atoms with Gasteiger partial charge in [0.25, 0.3) is 5.91 Å². The second kappa shape index (κ2) is 8.68. The third-order valence-corrected chi connectivity index (χ3v) is 4.20. The lowest BCUT2D eigenvalue weighted by Gasteiger charge is -2.04. The number of hydrogen-bond acceptors (Lipinski definition) is 3. The molecule has 2 aromatic heterocycles. The van der Waals surface area contributed by atoms with Crippen molar-refractivity contribution < 1.29 is 4.79 Å². The number of pyridine rings is 1. The van der Waals surface area contributed by atoms with Crippen LogP contribution in [0.4, 0.5) is 5.69 Å². The van der Waals surface area contributed by atoms with Crippen molar-refractivity contribution in [1.29, 1.82) is 0 Å². The number of nitrogens with zero attached hydrogens (tertiary/aromatic N) is 3. The van der Waals surface area contributed by atoms with Gasteiger partial charge in [-0.1, -0.05) is 48.4 Å². The molecule has 0 aliphatic heterocycles. The molecule has 4 aromatic rings. The molecule has 2 heterocycles. The number of carbonyl (C=O) groups is 1. The lowest BCUT2D eigenvalue weighted by atomic mass is 10.2. The summed E-state index contributed by atoms with van der Waals surface area (Å²) < 4.78 is 1.75. The van der Waals surface area contributed by atoms with Crippen LogP contribution in [-0.4, -0.2) is 20.7 Å². The molecule has 1 amide bonds. The van der Waals surface area contributed by atoms with E-state index in [4.69, 9.17) is 0 Å². The Hall–Kier alpha value is -4.17. The first-order valence-electron chi connectivity index (χ1n) is 9.17. The summed E-state index contributed by atoms with van der Waals surface area (Å²) in [4.78, 5) is 16.7. The van der Waals surface area contributed by atoms with Crippen molar-refractivity contribution in [2.75, 3.05) is 5.32 Å². The Kier molecular flexibility index (Phi) is 5.45. The third-order valence-electron chi connectivity index (χ3n) is 4.20. The standard InChI is InChI=1S/C24H18N4O/c29-24(21-16-26-28(18-21)17-20-7-2-1-3-8-20)27-23-11-6-9-19(15-23)12-13-22-10-4-5-14-25-22/h1-11,14-16,18H,17H2,(H,27,29). The van der Waals surface area contributed by atoms with Gasteiger partial charge >= 0.3 is 0 Å². The minimum atomic E-state index is -0.209. The Morgan fingerprint density at radius 1 is 0.966 bits per heavy atom. The van der Waals surface area contributed by atoms with Crippen molar-refractivity contribution in [2.45, 2.75) is 6.54 Å². The molecule has 0 saturated heterocycles. The van der Waals surface area contributed by atoms with Gasteiger partial charge in [-0.15, -0.1) is 0 Å². The molecule has 0 spiro atoms. The van der Waals surface area contributed by atoms with Crippen LogP contribution < -0.4 is 5.32 Å². The predicted molar refractivity (Wildman–Crippen MR) is 112 cm³/mol. The lowest BCUT2D eigenvalue weighted by molar-refractivity contribution is 0.102. The number of benzene rings is 2. The molecule has 2 aromatic carbocycles. The highest BCUT2D eigenvalue weighted by atomic mass is 16.1. The molecule has 29 heavy (non-hydrogen) atoms. The molecule has 0 aliphatic carbocycles. The van der Waals surface area contributed by atoms with Gasteiger partial charge in [-0.25, -0.2) is 4.98 Å². The van der Waals surface area contributed by atoms with Gasteiger partial charge in [0.2, 0.25) is 0 Å². The van der Waals surface area contributed by atoms with E-state index in [1.807, 2.05) is 72.8 Å². The number of aromatic nitrogens is 3. The van der Waals surface area contributed by atoms with E-state index in [0.29, 0.717) is 23.5 Å². The van der Waals surface area contributed by atoms with Gasteiger partial charge in [-0.2, -0.15) is 5.10 Å². The fourth-order valence-electron chi connectivity index (χ4n) is 2.79. The van der Waals surface area contributed by atoms with Crippen molar-refractivity contribution in [2.24, 2.45) is 0 Å². The maximum atomic E-state index is 12.6. The van der Waals surface area contributed by atoms with Crippen LogP contribution in [0.1, 0.15) is 27.2 Å². The zero-order valence-electron chi connectivity index (χ0n) is 15.6. The van der Waals surface area contributed by atoms with Gasteiger partial charge < -0.3 is 5.32 Å². The molecular weight excluding hydrogens is 360 g/mol. The summed E-state index contributed by atoms with van der Waals surface area (Å²) in [6, 6.07) is 23.0. The summed E-state index contributed by atoms with van der Waals surface area (Å²) >= 11 is 0. The van der Waals surface area contributed by atoms with Gasteiger partial charge in [0, 0.05) is 23.6 Å². The highest BCUT2D eigenvalue weighted by molar-refractivity contribution is 6.04. The number of carbonyl (C=O) groups excluding carboxylic acids is 1. The van der Waals surface area contributed by atoms with Crippen LogP contribution >= 0.6 is 0 Å². The molecule has 0 radical (unpaired) electrons. The van der Waals surface area contributed by atoms with Crippen molar-refractivity contribution in [1.82, 2.24) is 14.8 Å². The van der Waals surface area contributed by atoms with E-state index in [-0.39, 0.29) is 5.91 Å². The fourth-order valence-corrected chi connectivity index (χ4v) is 2.79. The summed E-state index contributed by atoms with van der Waals surface area (Å²) in [5.41, 5.74) is 3.81. The lowest BCUT2D eigenvalue weighted by Crippen LogP contribution is -2.11. The summed E-state index contributed by atoms with van der Waals surface area (Å²) in [6.45, 7) is 0.618. The minimum absolute atomic E-state index is 0.209. The van der Waals surface area contributed by atoms with E-state index in [0.717, 1.165) is 11.1 Å². The highest BCUT2D eigenvalue weighted by Gasteiger charge is 2.09. The van der Waals surface area contributed by atoms with E-state index in [9.17, 15) is 4.79 Å². The number of hydrogen-bond donors (Lipinski definition) is 1. The number of rotatable bonds is 4. The molecule has 5 nitrogen and oxygen atoms in total. The van der Waals surface area contributed by atoms with E-state index in [2.05, 4.69) is 27.2 Å². The van der Waals surface area contributed by atoms with Gasteiger partial charge in [-0.05, 0) is 41.8 Å². The highest BCUT2D eigenvalue weighted by Crippen LogP contribution is 2.12. The zero-order chi connectivity index (χ0) is 19.9. The van der Waals surface area contributed by atoms with E-state index in [1.54, 1.807) is 23.3 Å². The van der Waals surface area contributed by atoms with Gasteiger partial charge in [0.05, 0.1) is 18.3 Å². The van der Waals surface area contributed by atoms with Crippen molar-refractivity contribution in [3.63, 3.8) is 0 Å². The third kappa shape index (κ3) is 4.96. The monoisotopic (exact) mass is 378 g/mol. The Labute approximate surface area is 169 Å². The molecule has 0 bridgehead atoms. The summed E-state index contributed by atoms with van der Waals surface area (Å²) in [5.74, 6) is 5.87. The van der Waals surface area contributed by atoms with E-state index in [1.165, 1.54) is 0 Å².